The number of hydrogen-bond donors (Lipinski definition) is 1. The van der Waals surface area contributed by atoms with Gasteiger partial charge in [-0.15, -0.1) is 23.5 Å². The van der Waals surface area contributed by atoms with Crippen molar-refractivity contribution >= 4 is 58.0 Å². The first-order chi connectivity index (χ1) is 19.8. The standard InChI is InChI=1S/C29H34N2O8S3/c1-7-41-25-22(17(2)32)24(33)30(25)23(26(34)38-16-18-8-10-19(11-9-18)31(36)37)27(42-28(35)29(3,4)5)39-20-12-14-21(40-6)15-13-20/h8-15,17,22,25,32H,7,16H2,1-6H3/t17-,22+,25-/m1/s1. The SMILES string of the molecule is CCS[C@@H]1[C@@H]([C@@H](C)O)C(=O)N1C(C(=O)OCc1ccc([N+](=O)[O-])cc1)=C(Oc1ccc(SC)cc1)SC(=O)C(C)(C)C. The van der Waals surface area contributed by atoms with E-state index in [-0.39, 0.29) is 28.2 Å². The first-order valence-electron chi connectivity index (χ1n) is 13.1. The summed E-state index contributed by atoms with van der Waals surface area (Å²) in [6.45, 7) is 8.35. The molecule has 3 rings (SSSR count). The zero-order valence-corrected chi connectivity index (χ0v) is 26.6. The van der Waals surface area contributed by atoms with Gasteiger partial charge in [-0.2, -0.15) is 0 Å². The van der Waals surface area contributed by atoms with Gasteiger partial charge in [0.25, 0.3) is 5.69 Å². The third-order valence-electron chi connectivity index (χ3n) is 6.15. The number of carbonyl (C=O) groups excluding carboxylic acids is 3. The van der Waals surface area contributed by atoms with Crippen LogP contribution in [0, 0.1) is 21.4 Å². The number of esters is 1. The van der Waals surface area contributed by atoms with Crippen LogP contribution in [0.2, 0.25) is 0 Å². The molecule has 1 amide bonds. The van der Waals surface area contributed by atoms with Gasteiger partial charge in [-0.3, -0.25) is 24.6 Å². The Morgan fingerprint density at radius 2 is 1.74 bits per heavy atom. The van der Waals surface area contributed by atoms with E-state index in [4.69, 9.17) is 9.47 Å². The summed E-state index contributed by atoms with van der Waals surface area (Å²) in [6, 6.07) is 12.6. The number of nitrogens with zero attached hydrogens (tertiary/aromatic N) is 2. The maximum absolute atomic E-state index is 13.8. The molecule has 0 aliphatic carbocycles. The summed E-state index contributed by atoms with van der Waals surface area (Å²) in [6.07, 6.45) is 0.958. The predicted octanol–water partition coefficient (Wildman–Crippen LogP) is 5.83. The van der Waals surface area contributed by atoms with Crippen molar-refractivity contribution in [3.8, 4) is 5.75 Å². The van der Waals surface area contributed by atoms with Crippen molar-refractivity contribution in [2.75, 3.05) is 12.0 Å². The van der Waals surface area contributed by atoms with E-state index in [9.17, 15) is 29.6 Å². The Labute approximate surface area is 257 Å². The van der Waals surface area contributed by atoms with E-state index in [0.29, 0.717) is 28.8 Å². The second kappa shape index (κ2) is 14.5. The van der Waals surface area contributed by atoms with Crippen molar-refractivity contribution < 1.29 is 33.9 Å². The highest BCUT2D eigenvalue weighted by Gasteiger charge is 2.54. The number of nitro benzene ring substituents is 1. The largest absolute Gasteiger partial charge is 0.456 e. The molecule has 0 spiro atoms. The summed E-state index contributed by atoms with van der Waals surface area (Å²) in [5.41, 5.74) is -0.686. The fourth-order valence-electron chi connectivity index (χ4n) is 3.83. The molecule has 1 fully saturated rings. The first kappa shape index (κ1) is 33.5. The number of rotatable bonds is 12. The van der Waals surface area contributed by atoms with Crippen LogP contribution in [-0.4, -0.2) is 55.4 Å². The van der Waals surface area contributed by atoms with Gasteiger partial charge in [-0.05, 0) is 72.7 Å². The molecule has 226 valence electrons. The average molecular weight is 635 g/mol. The van der Waals surface area contributed by atoms with Crippen molar-refractivity contribution in [2.24, 2.45) is 11.3 Å². The van der Waals surface area contributed by atoms with Crippen molar-refractivity contribution in [3.63, 3.8) is 0 Å². The van der Waals surface area contributed by atoms with Crippen LogP contribution >= 0.6 is 35.3 Å². The summed E-state index contributed by atoms with van der Waals surface area (Å²) in [5, 5.41) is 20.3. The number of aliphatic hydroxyl groups excluding tert-OH is 1. The maximum atomic E-state index is 13.8. The number of hydrogen-bond acceptors (Lipinski definition) is 11. The van der Waals surface area contributed by atoms with Gasteiger partial charge in [0.15, 0.2) is 10.8 Å². The molecule has 10 nitrogen and oxygen atoms in total. The average Bonchev–Trinajstić information content (AvgIpc) is 2.93. The number of non-ortho nitro benzene ring substituents is 1. The molecular weight excluding hydrogens is 601 g/mol. The molecule has 1 saturated heterocycles. The van der Waals surface area contributed by atoms with Crippen molar-refractivity contribution in [2.45, 2.75) is 57.6 Å². The Kier molecular flexibility index (Phi) is 11.5. The third kappa shape index (κ3) is 8.09. The highest BCUT2D eigenvalue weighted by molar-refractivity contribution is 8.16. The van der Waals surface area contributed by atoms with Gasteiger partial charge in [0.05, 0.1) is 22.3 Å². The van der Waals surface area contributed by atoms with Gasteiger partial charge in [-0.25, -0.2) is 4.79 Å². The zero-order chi connectivity index (χ0) is 31.2. The van der Waals surface area contributed by atoms with E-state index >= 15 is 0 Å². The van der Waals surface area contributed by atoms with E-state index in [0.717, 1.165) is 4.90 Å². The number of nitro groups is 1. The molecule has 1 heterocycles. The monoisotopic (exact) mass is 634 g/mol. The normalized spacial score (nSPS) is 18.1. The molecule has 0 unspecified atom stereocenters. The highest BCUT2D eigenvalue weighted by Crippen LogP contribution is 2.43. The van der Waals surface area contributed by atoms with Crippen LogP contribution < -0.4 is 4.74 Å². The van der Waals surface area contributed by atoms with Crippen LogP contribution in [0.15, 0.2) is 64.2 Å². The molecule has 0 bridgehead atoms. The van der Waals surface area contributed by atoms with Crippen molar-refractivity contribution in [1.82, 2.24) is 4.90 Å². The Balaban J connectivity index is 2.10. The van der Waals surface area contributed by atoms with Crippen LogP contribution in [0.1, 0.15) is 40.2 Å². The van der Waals surface area contributed by atoms with E-state index in [1.165, 1.54) is 59.6 Å². The van der Waals surface area contributed by atoms with Crippen LogP contribution in [0.5, 0.6) is 5.75 Å². The maximum Gasteiger partial charge on any atom is 0.359 e. The van der Waals surface area contributed by atoms with Gasteiger partial charge >= 0.3 is 5.97 Å². The molecule has 1 aliphatic heterocycles. The Hall–Kier alpha value is -3.00. The van der Waals surface area contributed by atoms with Gasteiger partial charge in [0.2, 0.25) is 11.0 Å². The quantitative estimate of drug-likeness (QED) is 0.0574. The Bertz CT molecular complexity index is 1340. The van der Waals surface area contributed by atoms with Crippen LogP contribution in [0.4, 0.5) is 5.69 Å². The number of amides is 1. The number of ether oxygens (including phenoxy) is 2. The lowest BCUT2D eigenvalue weighted by Gasteiger charge is -2.48. The number of benzene rings is 2. The topological polar surface area (TPSA) is 136 Å². The first-order valence-corrected chi connectivity index (χ1v) is 16.2. The Morgan fingerprint density at radius 1 is 1.12 bits per heavy atom. The zero-order valence-electron chi connectivity index (χ0n) is 24.2. The lowest BCUT2D eigenvalue weighted by atomic mass is 9.92. The molecule has 2 aromatic carbocycles. The van der Waals surface area contributed by atoms with E-state index < -0.39 is 39.6 Å². The molecule has 1 N–H and O–H groups in total. The second-order valence-corrected chi connectivity index (χ2v) is 13.6. The third-order valence-corrected chi connectivity index (χ3v) is 9.34. The molecule has 13 heteroatoms. The van der Waals surface area contributed by atoms with Gasteiger partial charge in [0, 0.05) is 22.4 Å². The fourth-order valence-corrected chi connectivity index (χ4v) is 6.38. The van der Waals surface area contributed by atoms with Crippen LogP contribution in [0.25, 0.3) is 0 Å². The predicted molar refractivity (Wildman–Crippen MR) is 165 cm³/mol. The number of β-lactam (4-membered cyclic amide) rings is 1. The summed E-state index contributed by atoms with van der Waals surface area (Å²) in [7, 11) is 0. The number of thioether (sulfide) groups is 3. The van der Waals surface area contributed by atoms with Crippen LogP contribution in [-0.2, 0) is 25.7 Å². The fraction of sp³-hybridized carbons (Fsp3) is 0.414. The smallest absolute Gasteiger partial charge is 0.359 e. The van der Waals surface area contributed by atoms with Gasteiger partial charge in [0.1, 0.15) is 12.4 Å². The minimum absolute atomic E-state index is 0.110. The summed E-state index contributed by atoms with van der Waals surface area (Å²) < 4.78 is 11.8. The molecule has 0 aromatic heterocycles. The number of likely N-dealkylation sites (tertiary alicyclic amines) is 1. The van der Waals surface area contributed by atoms with Gasteiger partial charge in [-0.1, -0.05) is 27.7 Å². The van der Waals surface area contributed by atoms with Gasteiger partial charge < -0.3 is 14.6 Å². The summed E-state index contributed by atoms with van der Waals surface area (Å²) in [5.74, 6) is -1.25. The Morgan fingerprint density at radius 3 is 2.24 bits per heavy atom. The minimum Gasteiger partial charge on any atom is -0.456 e. The molecule has 3 atom stereocenters. The van der Waals surface area contributed by atoms with Crippen molar-refractivity contribution in [1.29, 1.82) is 0 Å². The molecule has 42 heavy (non-hydrogen) atoms. The van der Waals surface area contributed by atoms with Crippen molar-refractivity contribution in [3.05, 3.63) is 75.0 Å². The molecular formula is C29H34N2O8S3. The highest BCUT2D eigenvalue weighted by atomic mass is 32.2. The molecule has 1 aliphatic rings. The lowest BCUT2D eigenvalue weighted by molar-refractivity contribution is -0.384. The van der Waals surface area contributed by atoms with E-state index in [1.807, 2.05) is 25.3 Å². The molecule has 0 saturated carbocycles. The lowest BCUT2D eigenvalue weighted by Crippen LogP contribution is -2.63. The van der Waals surface area contributed by atoms with Crippen LogP contribution in [0.3, 0.4) is 0 Å². The second-order valence-electron chi connectivity index (χ2n) is 10.4. The summed E-state index contributed by atoms with van der Waals surface area (Å²) in [4.78, 5) is 53.1. The minimum atomic E-state index is -0.970. The summed E-state index contributed by atoms with van der Waals surface area (Å²) >= 11 is 3.61. The molecule has 2 aromatic rings. The molecule has 0 radical (unpaired) electrons. The van der Waals surface area contributed by atoms with E-state index in [2.05, 4.69) is 0 Å². The van der Waals surface area contributed by atoms with E-state index in [1.54, 1.807) is 32.9 Å². The number of carbonyl (C=O) groups is 3. The number of aliphatic hydroxyl groups is 1.